The Morgan fingerprint density at radius 2 is 2.27 bits per heavy atom. The lowest BCUT2D eigenvalue weighted by Gasteiger charge is -2.23. The number of hydrogen-bond donors (Lipinski definition) is 1. The second-order valence-corrected chi connectivity index (χ2v) is 3.08. The maximum absolute atomic E-state index is 13.1. The molecule has 1 aliphatic heterocycles. The summed E-state index contributed by atoms with van der Waals surface area (Å²) >= 11 is 0. The van der Waals surface area contributed by atoms with E-state index in [1.807, 2.05) is 0 Å². The minimum absolute atomic E-state index is 0.0125. The van der Waals surface area contributed by atoms with E-state index in [0.717, 1.165) is 43.5 Å². The van der Waals surface area contributed by atoms with E-state index in [1.54, 1.807) is 6.08 Å². The molecule has 0 spiro atoms. The average molecular weight is 153 g/mol. The van der Waals surface area contributed by atoms with Crippen molar-refractivity contribution in [1.29, 1.82) is 0 Å². The smallest absolute Gasteiger partial charge is 0.124 e. The van der Waals surface area contributed by atoms with Crippen molar-refractivity contribution >= 4 is 0 Å². The van der Waals surface area contributed by atoms with Gasteiger partial charge in [0.1, 0.15) is 5.83 Å². The van der Waals surface area contributed by atoms with Crippen LogP contribution in [-0.4, -0.2) is 6.54 Å². The van der Waals surface area contributed by atoms with Crippen LogP contribution in [0.4, 0.5) is 4.39 Å². The summed E-state index contributed by atoms with van der Waals surface area (Å²) in [5.74, 6) is 0.0125. The minimum Gasteiger partial charge on any atom is -0.388 e. The van der Waals surface area contributed by atoms with E-state index in [2.05, 4.69) is 5.32 Å². The van der Waals surface area contributed by atoms with E-state index in [1.165, 1.54) is 0 Å². The Hall–Kier alpha value is -0.790. The zero-order valence-corrected chi connectivity index (χ0v) is 6.49. The van der Waals surface area contributed by atoms with Crippen LogP contribution in [0.3, 0.4) is 0 Å². The molecule has 1 N–H and O–H groups in total. The van der Waals surface area contributed by atoms with Gasteiger partial charge >= 0.3 is 0 Å². The summed E-state index contributed by atoms with van der Waals surface area (Å²) in [7, 11) is 0. The van der Waals surface area contributed by atoms with Crippen LogP contribution in [0.5, 0.6) is 0 Å². The van der Waals surface area contributed by atoms with E-state index in [9.17, 15) is 4.39 Å². The molecule has 2 rings (SSSR count). The third-order valence-electron chi connectivity index (χ3n) is 2.31. The van der Waals surface area contributed by atoms with Crippen molar-refractivity contribution in [2.75, 3.05) is 6.54 Å². The molecule has 0 amide bonds. The zero-order valence-electron chi connectivity index (χ0n) is 6.49. The second kappa shape index (κ2) is 2.68. The van der Waals surface area contributed by atoms with Crippen molar-refractivity contribution in [2.24, 2.45) is 0 Å². The van der Waals surface area contributed by atoms with Gasteiger partial charge in [-0.05, 0) is 31.8 Å². The molecule has 0 aromatic rings. The first-order chi connectivity index (χ1) is 5.38. The Morgan fingerprint density at radius 1 is 1.36 bits per heavy atom. The first-order valence-electron chi connectivity index (χ1n) is 4.20. The lowest BCUT2D eigenvalue weighted by Crippen LogP contribution is -2.23. The molecule has 0 saturated heterocycles. The van der Waals surface area contributed by atoms with E-state index < -0.39 is 0 Å². The third kappa shape index (κ3) is 1.17. The summed E-state index contributed by atoms with van der Waals surface area (Å²) in [5.41, 5.74) is 2.08. The highest BCUT2D eigenvalue weighted by Gasteiger charge is 2.18. The van der Waals surface area contributed by atoms with Gasteiger partial charge in [0.25, 0.3) is 0 Å². The Labute approximate surface area is 66.0 Å². The fourth-order valence-electron chi connectivity index (χ4n) is 1.73. The molecule has 1 nitrogen and oxygen atoms in total. The highest BCUT2D eigenvalue weighted by Crippen LogP contribution is 2.30. The normalized spacial score (nSPS) is 23.9. The second-order valence-electron chi connectivity index (χ2n) is 3.08. The summed E-state index contributed by atoms with van der Waals surface area (Å²) in [6.07, 6.45) is 5.55. The van der Waals surface area contributed by atoms with Gasteiger partial charge in [0.2, 0.25) is 0 Å². The Kier molecular flexibility index (Phi) is 1.68. The van der Waals surface area contributed by atoms with Gasteiger partial charge in [0.15, 0.2) is 0 Å². The summed E-state index contributed by atoms with van der Waals surface area (Å²) in [5, 5.41) is 3.25. The van der Waals surface area contributed by atoms with Gasteiger partial charge in [-0.3, -0.25) is 0 Å². The molecule has 0 aromatic heterocycles. The Morgan fingerprint density at radius 3 is 3.09 bits per heavy atom. The third-order valence-corrected chi connectivity index (χ3v) is 2.31. The Bertz CT molecular complexity index is 228. The molecule has 1 heterocycles. The highest BCUT2D eigenvalue weighted by atomic mass is 19.1. The maximum Gasteiger partial charge on any atom is 0.124 e. The first-order valence-corrected chi connectivity index (χ1v) is 4.20. The van der Waals surface area contributed by atoms with Crippen LogP contribution >= 0.6 is 0 Å². The largest absolute Gasteiger partial charge is 0.388 e. The number of nitrogens with one attached hydrogen (secondary N) is 1. The van der Waals surface area contributed by atoms with Crippen molar-refractivity contribution in [3.63, 3.8) is 0 Å². The van der Waals surface area contributed by atoms with Crippen LogP contribution in [0.1, 0.15) is 25.7 Å². The number of hydrogen-bond acceptors (Lipinski definition) is 1. The fourth-order valence-corrected chi connectivity index (χ4v) is 1.73. The van der Waals surface area contributed by atoms with Crippen LogP contribution in [0, 0.1) is 0 Å². The molecule has 0 unspecified atom stereocenters. The van der Waals surface area contributed by atoms with Crippen molar-refractivity contribution < 1.29 is 4.39 Å². The molecule has 0 atom stereocenters. The summed E-state index contributed by atoms with van der Waals surface area (Å²) in [6, 6.07) is 0. The quantitative estimate of drug-likeness (QED) is 0.563. The van der Waals surface area contributed by atoms with Crippen LogP contribution in [-0.2, 0) is 0 Å². The predicted octanol–water partition coefficient (Wildman–Crippen LogP) is 2.27. The lowest BCUT2D eigenvalue weighted by atomic mass is 9.95. The van der Waals surface area contributed by atoms with Gasteiger partial charge in [0, 0.05) is 17.8 Å². The molecule has 0 aromatic carbocycles. The van der Waals surface area contributed by atoms with Crippen molar-refractivity contribution in [1.82, 2.24) is 5.32 Å². The molecule has 60 valence electrons. The van der Waals surface area contributed by atoms with Gasteiger partial charge in [-0.2, -0.15) is 0 Å². The summed E-state index contributed by atoms with van der Waals surface area (Å²) in [6.45, 7) is 1.02. The fraction of sp³-hybridized carbons (Fsp3) is 0.556. The van der Waals surface area contributed by atoms with Crippen molar-refractivity contribution in [3.8, 4) is 0 Å². The van der Waals surface area contributed by atoms with Crippen LogP contribution in [0.15, 0.2) is 23.2 Å². The molecule has 2 heteroatoms. The van der Waals surface area contributed by atoms with E-state index >= 15 is 0 Å². The standard InChI is InChI=1S/C9H12FN/c10-8-4-1-5-9-7(8)3-2-6-11-9/h4,11H,1-3,5-6H2. The predicted molar refractivity (Wildman–Crippen MR) is 42.7 cm³/mol. The minimum atomic E-state index is 0.0125. The SMILES string of the molecule is FC1=CCCC2=C1CCCN2. The maximum atomic E-state index is 13.1. The highest BCUT2D eigenvalue weighted by molar-refractivity contribution is 5.34. The molecule has 11 heavy (non-hydrogen) atoms. The Balaban J connectivity index is 2.29. The lowest BCUT2D eigenvalue weighted by molar-refractivity contribution is 0.557. The average Bonchev–Trinajstić information content (AvgIpc) is 2.06. The molecule has 2 aliphatic rings. The number of halogens is 1. The van der Waals surface area contributed by atoms with Crippen LogP contribution in [0.2, 0.25) is 0 Å². The number of allylic oxidation sites excluding steroid dienone is 4. The number of rotatable bonds is 0. The molecule has 0 saturated carbocycles. The van der Waals surface area contributed by atoms with Crippen LogP contribution < -0.4 is 5.32 Å². The molecular weight excluding hydrogens is 141 g/mol. The topological polar surface area (TPSA) is 12.0 Å². The van der Waals surface area contributed by atoms with Gasteiger partial charge in [-0.25, -0.2) is 4.39 Å². The van der Waals surface area contributed by atoms with E-state index in [0.29, 0.717) is 0 Å². The van der Waals surface area contributed by atoms with Gasteiger partial charge in [-0.15, -0.1) is 0 Å². The molecule has 0 fully saturated rings. The van der Waals surface area contributed by atoms with Gasteiger partial charge < -0.3 is 5.32 Å². The molecule has 0 bridgehead atoms. The van der Waals surface area contributed by atoms with E-state index in [4.69, 9.17) is 0 Å². The van der Waals surface area contributed by atoms with Gasteiger partial charge in [0.05, 0.1) is 0 Å². The van der Waals surface area contributed by atoms with E-state index in [-0.39, 0.29) is 5.83 Å². The summed E-state index contributed by atoms with van der Waals surface area (Å²) in [4.78, 5) is 0. The first kappa shape index (κ1) is 6.89. The van der Waals surface area contributed by atoms with Crippen molar-refractivity contribution in [3.05, 3.63) is 23.2 Å². The molecule has 0 radical (unpaired) electrons. The zero-order chi connectivity index (χ0) is 7.68. The molecular formula is C9H12FN. The summed E-state index contributed by atoms with van der Waals surface area (Å²) < 4.78 is 13.1. The van der Waals surface area contributed by atoms with Crippen molar-refractivity contribution in [2.45, 2.75) is 25.7 Å². The van der Waals surface area contributed by atoms with Crippen LogP contribution in [0.25, 0.3) is 0 Å². The van der Waals surface area contributed by atoms with Gasteiger partial charge in [-0.1, -0.05) is 0 Å². The monoisotopic (exact) mass is 153 g/mol. The molecule has 1 aliphatic carbocycles.